The molecule has 1 heteroatoms. The maximum absolute atomic E-state index is 3.60. The summed E-state index contributed by atoms with van der Waals surface area (Å²) < 4.78 is 0. The molecule has 0 aromatic rings. The summed E-state index contributed by atoms with van der Waals surface area (Å²) in [5.41, 5.74) is 0. The quantitative estimate of drug-likeness (QED) is 0.432. The molecule has 0 saturated heterocycles. The second kappa shape index (κ2) is 15.2. The molecule has 0 nitrogen and oxygen atoms in total. The van der Waals surface area contributed by atoms with E-state index in [0.717, 1.165) is 6.42 Å². The van der Waals surface area contributed by atoms with Gasteiger partial charge in [0.1, 0.15) is 0 Å². The molecule has 74 valence electrons. The molecule has 1 rings (SSSR count). The monoisotopic (exact) mass is 192 g/mol. The molecule has 1 fully saturated rings. The van der Waals surface area contributed by atoms with E-state index in [2.05, 4.69) is 20.3 Å². The molecule has 0 radical (unpaired) electrons. The van der Waals surface area contributed by atoms with Crippen LogP contribution >= 0.6 is 0 Å². The van der Waals surface area contributed by atoms with Crippen molar-refractivity contribution in [3.05, 3.63) is 13.3 Å². The number of hydrogen-bond acceptors (Lipinski definition) is 0. The van der Waals surface area contributed by atoms with E-state index < -0.39 is 0 Å². The van der Waals surface area contributed by atoms with E-state index >= 15 is 0 Å². The molecule has 0 aliphatic heterocycles. The van der Waals surface area contributed by atoms with Crippen molar-refractivity contribution in [1.82, 2.24) is 0 Å². The fourth-order valence-electron chi connectivity index (χ4n) is 1.25. The minimum absolute atomic E-state index is 0. The molecule has 1 aliphatic rings. The van der Waals surface area contributed by atoms with Gasteiger partial charge < -0.3 is 13.3 Å². The van der Waals surface area contributed by atoms with E-state index in [1.807, 2.05) is 0 Å². The maximum atomic E-state index is 3.60. The maximum Gasteiger partial charge on any atom is 2.00 e. The molecule has 0 atom stereocenters. The van der Waals surface area contributed by atoms with Crippen LogP contribution in [0.25, 0.3) is 0 Å². The largest absolute Gasteiger partial charge is 2.00 e. The first-order valence-corrected chi connectivity index (χ1v) is 5.52. The zero-order valence-electron chi connectivity index (χ0n) is 9.36. The molecule has 0 bridgehead atoms. The van der Waals surface area contributed by atoms with E-state index in [0.29, 0.717) is 0 Å². The van der Waals surface area contributed by atoms with Gasteiger partial charge in [-0.2, -0.15) is 19.3 Å². The van der Waals surface area contributed by atoms with Crippen LogP contribution in [0.2, 0.25) is 0 Å². The molecular weight excluding hydrogens is 168 g/mol. The average Bonchev–Trinajstić information content (AvgIpc) is 2.04. The van der Waals surface area contributed by atoms with Crippen molar-refractivity contribution < 1.29 is 0 Å². The molecule has 0 spiro atoms. The van der Waals surface area contributed by atoms with E-state index in [9.17, 15) is 0 Å². The van der Waals surface area contributed by atoms with Crippen LogP contribution in [0.5, 0.6) is 0 Å². The second-order valence-electron chi connectivity index (χ2n) is 3.49. The van der Waals surface area contributed by atoms with Crippen LogP contribution in [0.15, 0.2) is 0 Å². The van der Waals surface area contributed by atoms with Crippen LogP contribution in [0, 0.1) is 13.3 Å². The van der Waals surface area contributed by atoms with Crippen molar-refractivity contribution in [2.45, 2.75) is 64.7 Å². The van der Waals surface area contributed by atoms with Gasteiger partial charge in [-0.1, -0.05) is 45.4 Å². The summed E-state index contributed by atoms with van der Waals surface area (Å²) in [6, 6.07) is 0. The molecule has 0 unspecified atom stereocenters. The Labute approximate surface area is 101 Å². The fourth-order valence-corrected chi connectivity index (χ4v) is 1.25. The summed E-state index contributed by atoms with van der Waals surface area (Å²) in [6.45, 7) is 5.72. The summed E-state index contributed by atoms with van der Waals surface area (Å²) in [7, 11) is 0. The standard InChI is InChI=1S/C8H15.C4H9.Mg/c1-2-4-6-8-7-5-3-1;1-3-4-2;/h1H,2-8H2;1,3-4H2,2H3;/q2*-1;+2. The first kappa shape index (κ1) is 16.2. The molecule has 13 heavy (non-hydrogen) atoms. The molecule has 0 aromatic carbocycles. The Bertz CT molecular complexity index is 45.5. The third kappa shape index (κ3) is 15.5. The van der Waals surface area contributed by atoms with Crippen molar-refractivity contribution in [3.8, 4) is 0 Å². The van der Waals surface area contributed by atoms with Gasteiger partial charge in [-0.3, -0.25) is 0 Å². The summed E-state index contributed by atoms with van der Waals surface area (Å²) in [6.07, 6.45) is 14.8. The summed E-state index contributed by atoms with van der Waals surface area (Å²) in [5.74, 6) is 0. The zero-order chi connectivity index (χ0) is 9.07. The van der Waals surface area contributed by atoms with E-state index in [-0.39, 0.29) is 23.1 Å². The molecule has 0 heterocycles. The molecule has 0 N–H and O–H groups in total. The average molecular weight is 193 g/mol. The van der Waals surface area contributed by atoms with Crippen molar-refractivity contribution in [3.63, 3.8) is 0 Å². The van der Waals surface area contributed by atoms with Gasteiger partial charge in [0.25, 0.3) is 0 Å². The summed E-state index contributed by atoms with van der Waals surface area (Å²) in [4.78, 5) is 0. The fraction of sp³-hybridized carbons (Fsp3) is 0.833. The van der Waals surface area contributed by atoms with Gasteiger partial charge in [-0.15, -0.1) is 0 Å². The minimum atomic E-state index is 0. The Balaban J connectivity index is 0. The van der Waals surface area contributed by atoms with E-state index in [1.165, 1.54) is 51.4 Å². The van der Waals surface area contributed by atoms with Crippen LogP contribution < -0.4 is 0 Å². The third-order valence-electron chi connectivity index (χ3n) is 2.17. The van der Waals surface area contributed by atoms with Gasteiger partial charge in [-0.05, 0) is 0 Å². The predicted molar refractivity (Wildman–Crippen MR) is 62.6 cm³/mol. The van der Waals surface area contributed by atoms with Crippen molar-refractivity contribution in [2.24, 2.45) is 0 Å². The third-order valence-corrected chi connectivity index (χ3v) is 2.17. The van der Waals surface area contributed by atoms with Crippen LogP contribution in [0.1, 0.15) is 64.7 Å². The Hall–Kier alpha value is 0.766. The van der Waals surface area contributed by atoms with Crippen molar-refractivity contribution in [2.75, 3.05) is 0 Å². The second-order valence-corrected chi connectivity index (χ2v) is 3.49. The van der Waals surface area contributed by atoms with E-state index in [4.69, 9.17) is 0 Å². The molecular formula is C12H24Mg. The van der Waals surface area contributed by atoms with Crippen molar-refractivity contribution >= 4 is 23.1 Å². The zero-order valence-corrected chi connectivity index (χ0v) is 10.8. The molecule has 0 aromatic heterocycles. The first-order valence-electron chi connectivity index (χ1n) is 5.52. The number of rotatable bonds is 1. The van der Waals surface area contributed by atoms with E-state index in [1.54, 1.807) is 0 Å². The van der Waals surface area contributed by atoms with Crippen LogP contribution in [0.4, 0.5) is 0 Å². The normalized spacial score (nSPS) is 17.1. The van der Waals surface area contributed by atoms with Gasteiger partial charge in [-0.25, -0.2) is 0 Å². The smallest absolute Gasteiger partial charge is 0.343 e. The number of unbranched alkanes of at least 4 members (excludes halogenated alkanes) is 1. The predicted octanol–water partition coefficient (Wildman–Crippen LogP) is 4.17. The minimum Gasteiger partial charge on any atom is -0.343 e. The Morgan fingerprint density at radius 2 is 1.38 bits per heavy atom. The van der Waals surface area contributed by atoms with Crippen LogP contribution in [-0.4, -0.2) is 23.1 Å². The SMILES string of the molecule is [CH-]1CCCCCCC1.[CH2-]CCC.[Mg+2]. The van der Waals surface area contributed by atoms with Crippen LogP contribution in [-0.2, 0) is 0 Å². The summed E-state index contributed by atoms with van der Waals surface area (Å²) >= 11 is 0. The van der Waals surface area contributed by atoms with Gasteiger partial charge in [0.2, 0.25) is 0 Å². The Morgan fingerprint density at radius 1 is 1.00 bits per heavy atom. The topological polar surface area (TPSA) is 0 Å². The number of hydrogen-bond donors (Lipinski definition) is 0. The Morgan fingerprint density at radius 3 is 1.77 bits per heavy atom. The van der Waals surface area contributed by atoms with Gasteiger partial charge >= 0.3 is 23.1 Å². The van der Waals surface area contributed by atoms with Gasteiger partial charge in [0.15, 0.2) is 0 Å². The molecule has 0 amide bonds. The first-order chi connectivity index (χ1) is 5.91. The molecule has 1 aliphatic carbocycles. The van der Waals surface area contributed by atoms with Crippen molar-refractivity contribution in [1.29, 1.82) is 0 Å². The molecule has 1 saturated carbocycles. The van der Waals surface area contributed by atoms with Gasteiger partial charge in [0.05, 0.1) is 0 Å². The van der Waals surface area contributed by atoms with Gasteiger partial charge in [0, 0.05) is 0 Å². The Kier molecular flexibility index (Phi) is 19.0. The summed E-state index contributed by atoms with van der Waals surface area (Å²) in [5, 5.41) is 0. The van der Waals surface area contributed by atoms with Crippen LogP contribution in [0.3, 0.4) is 0 Å².